The predicted molar refractivity (Wildman–Crippen MR) is 456 cm³/mol. The zero-order valence-electron chi connectivity index (χ0n) is 60.8. The highest BCUT2D eigenvalue weighted by atomic mass is 15.2. The Labute approximate surface area is 634 Å². The normalized spacial score (nSPS) is 13.7. The number of hydrogen-bond donors (Lipinski definition) is 0. The van der Waals surface area contributed by atoms with Crippen molar-refractivity contribution < 1.29 is 0 Å². The van der Waals surface area contributed by atoms with E-state index in [2.05, 4.69) is 437 Å². The van der Waals surface area contributed by atoms with Crippen LogP contribution in [0.1, 0.15) is 48.6 Å². The van der Waals surface area contributed by atoms with Gasteiger partial charge in [0.15, 0.2) is 0 Å². The molecule has 0 radical (unpaired) electrons. The van der Waals surface area contributed by atoms with Crippen LogP contribution in [0.15, 0.2) is 406 Å². The molecule has 0 heterocycles. The van der Waals surface area contributed by atoms with Crippen molar-refractivity contribution in [2.75, 3.05) is 9.80 Å². The van der Waals surface area contributed by atoms with Crippen molar-refractivity contribution in [2.24, 2.45) is 0 Å². The van der Waals surface area contributed by atoms with Crippen LogP contribution in [0.3, 0.4) is 0 Å². The summed E-state index contributed by atoms with van der Waals surface area (Å²) >= 11 is 0. The second-order valence-corrected chi connectivity index (χ2v) is 29.6. The molecule has 512 valence electrons. The number of nitrogens with zero attached hydrogens (tertiary/aromatic N) is 2. The topological polar surface area (TPSA) is 6.48 Å². The summed E-state index contributed by atoms with van der Waals surface area (Å²) in [7, 11) is 0. The number of para-hydroxylation sites is 4. The van der Waals surface area contributed by atoms with Crippen LogP contribution in [0.2, 0.25) is 0 Å². The molecule has 0 bridgehead atoms. The molecule has 108 heavy (non-hydrogen) atoms. The number of benzene rings is 17. The zero-order valence-corrected chi connectivity index (χ0v) is 60.8. The summed E-state index contributed by atoms with van der Waals surface area (Å²) in [5, 5.41) is 2.45. The van der Waals surface area contributed by atoms with Crippen LogP contribution in [-0.4, -0.2) is 0 Å². The van der Waals surface area contributed by atoms with E-state index in [9.17, 15) is 0 Å². The van der Waals surface area contributed by atoms with Crippen molar-refractivity contribution in [3.05, 3.63) is 434 Å². The second-order valence-electron chi connectivity index (χ2n) is 29.6. The van der Waals surface area contributed by atoms with E-state index in [1.807, 2.05) is 0 Å². The molecule has 17 aromatic carbocycles. The van der Waals surface area contributed by atoms with Crippen molar-refractivity contribution >= 4 is 44.9 Å². The van der Waals surface area contributed by atoms with Gasteiger partial charge in [-0.3, -0.25) is 0 Å². The quantitative estimate of drug-likeness (QED) is 0.0951. The molecule has 0 fully saturated rings. The average Bonchev–Trinajstić information content (AvgIpc) is 1.55. The maximum Gasteiger partial charge on any atom is 0.0540 e. The first-order valence-electron chi connectivity index (χ1n) is 37.8. The third-order valence-corrected chi connectivity index (χ3v) is 23.0. The first-order valence-corrected chi connectivity index (χ1v) is 37.8. The lowest BCUT2D eigenvalue weighted by atomic mass is 9.75. The van der Waals surface area contributed by atoms with Gasteiger partial charge in [0.2, 0.25) is 0 Å². The van der Waals surface area contributed by atoms with Crippen molar-refractivity contribution in [3.63, 3.8) is 0 Å². The van der Waals surface area contributed by atoms with E-state index in [0.717, 1.165) is 73.9 Å². The Kier molecular flexibility index (Phi) is 16.5. The summed E-state index contributed by atoms with van der Waals surface area (Å²) in [5.74, 6) is 0. The van der Waals surface area contributed by atoms with Crippen LogP contribution >= 0.6 is 0 Å². The van der Waals surface area contributed by atoms with Gasteiger partial charge in [0.1, 0.15) is 0 Å². The summed E-state index contributed by atoms with van der Waals surface area (Å²) in [4.78, 5) is 5.04. The minimum absolute atomic E-state index is 0.153. The molecule has 2 aliphatic rings. The van der Waals surface area contributed by atoms with Gasteiger partial charge in [0.05, 0.1) is 22.7 Å². The molecule has 1 atom stereocenters. The van der Waals surface area contributed by atoms with Gasteiger partial charge in [-0.25, -0.2) is 0 Å². The number of fused-ring (bicyclic) bond motifs is 7. The lowest BCUT2D eigenvalue weighted by Gasteiger charge is -2.31. The molecule has 0 saturated carbocycles. The van der Waals surface area contributed by atoms with Crippen molar-refractivity contribution in [2.45, 2.75) is 38.0 Å². The van der Waals surface area contributed by atoms with Gasteiger partial charge in [-0.2, -0.15) is 0 Å². The Bertz CT molecular complexity index is 6280. The summed E-state index contributed by atoms with van der Waals surface area (Å²) < 4.78 is 0. The fraction of sp³-hybridized carbons (Fsp3) is 0.0566. The van der Waals surface area contributed by atoms with E-state index in [1.165, 1.54) is 116 Å². The Morgan fingerprint density at radius 3 is 1.06 bits per heavy atom. The van der Waals surface area contributed by atoms with Crippen LogP contribution < -0.4 is 9.80 Å². The standard InChI is InChI=1S/C106H78N2/c1-105(2)95-54-22-16-50-93(95)103-91(52-30-56-97(103)105)89-48-20-26-60-101(89)107(99-58-24-18-46-87(99)85-44-14-12-42-83(85)75-33-6-4-7-34-75)81-40-28-38-78(69-81)74-64-62-72(63-65-74)71-106(3)96-55-23-17-51-94(96)104-92(53-31-57-98(104)106)90-49-21-27-61-102(90)108(82-41-29-39-79(70-82)80-67-66-73-32-10-11-37-77(73)68-80)100-59-25-19-47-88(100)86-45-15-13-43-84(86)76-35-8-5-9-36-76/h4-70H,71H2,1-3H3. The highest BCUT2D eigenvalue weighted by molar-refractivity contribution is 6.04. The summed E-state index contributed by atoms with van der Waals surface area (Å²) in [6.07, 6.45) is 0.807. The zero-order chi connectivity index (χ0) is 72.3. The molecule has 19 rings (SSSR count). The molecule has 2 aliphatic carbocycles. The molecule has 1 unspecified atom stereocenters. The largest absolute Gasteiger partial charge is 0.309 e. The molecule has 2 heteroatoms. The number of rotatable bonds is 16. The maximum absolute atomic E-state index is 2.52. The second kappa shape index (κ2) is 27.3. The molecule has 0 saturated heterocycles. The van der Waals surface area contributed by atoms with Gasteiger partial charge in [0.25, 0.3) is 0 Å². The van der Waals surface area contributed by atoms with Gasteiger partial charge >= 0.3 is 0 Å². The summed E-state index contributed by atoms with van der Waals surface area (Å²) in [5.41, 5.74) is 36.6. The molecule has 2 nitrogen and oxygen atoms in total. The Hall–Kier alpha value is -13.4. The van der Waals surface area contributed by atoms with Gasteiger partial charge in [-0.05, 0) is 189 Å². The maximum atomic E-state index is 2.52. The first-order chi connectivity index (χ1) is 53.2. The Balaban J connectivity index is 0.710. The summed E-state index contributed by atoms with van der Waals surface area (Å²) in [6, 6.07) is 151. The minimum Gasteiger partial charge on any atom is -0.309 e. The first kappa shape index (κ1) is 65.4. The highest BCUT2D eigenvalue weighted by Crippen LogP contribution is 2.58. The molecule has 0 aliphatic heterocycles. The van der Waals surface area contributed by atoms with Crippen LogP contribution in [0.25, 0.3) is 122 Å². The van der Waals surface area contributed by atoms with E-state index in [4.69, 9.17) is 0 Å². The predicted octanol–water partition coefficient (Wildman–Crippen LogP) is 29.0. The monoisotopic (exact) mass is 1380 g/mol. The van der Waals surface area contributed by atoms with E-state index < -0.39 is 0 Å². The van der Waals surface area contributed by atoms with Crippen molar-refractivity contribution in [3.8, 4) is 111 Å². The van der Waals surface area contributed by atoms with Gasteiger partial charge in [-0.15, -0.1) is 0 Å². The molecular formula is C106H78N2. The molecule has 0 N–H and O–H groups in total. The van der Waals surface area contributed by atoms with Crippen LogP contribution in [0.5, 0.6) is 0 Å². The highest BCUT2D eigenvalue weighted by Gasteiger charge is 2.42. The number of hydrogen-bond acceptors (Lipinski definition) is 2. The lowest BCUT2D eigenvalue weighted by molar-refractivity contribution is 0.583. The fourth-order valence-electron chi connectivity index (χ4n) is 17.8. The third kappa shape index (κ3) is 11.4. The van der Waals surface area contributed by atoms with Crippen LogP contribution in [-0.2, 0) is 17.3 Å². The smallest absolute Gasteiger partial charge is 0.0540 e. The Morgan fingerprint density at radius 2 is 0.537 bits per heavy atom. The van der Waals surface area contributed by atoms with Crippen molar-refractivity contribution in [1.82, 2.24) is 0 Å². The summed E-state index contributed by atoms with van der Waals surface area (Å²) in [6.45, 7) is 7.22. The minimum atomic E-state index is -0.364. The fourth-order valence-corrected chi connectivity index (χ4v) is 17.8. The third-order valence-electron chi connectivity index (χ3n) is 23.0. The van der Waals surface area contributed by atoms with E-state index >= 15 is 0 Å². The lowest BCUT2D eigenvalue weighted by Crippen LogP contribution is -2.24. The molecule has 0 aromatic heterocycles. The van der Waals surface area contributed by atoms with Crippen LogP contribution in [0.4, 0.5) is 34.1 Å². The SMILES string of the molecule is CC1(C)c2ccccc2-c2c(-c3ccccc3N(c3cccc(-c4ccc(CC5(C)c6ccccc6-c6c(-c7ccccc7N(c7cccc(-c8ccc9ccccc9c8)c7)c7ccccc7-c7ccccc7-c7ccccc7)cccc65)cc4)c3)c3ccccc3-c3ccccc3-c3ccccc3)cccc21. The van der Waals surface area contributed by atoms with Crippen molar-refractivity contribution in [1.29, 1.82) is 0 Å². The van der Waals surface area contributed by atoms with Crippen LogP contribution in [0, 0.1) is 0 Å². The van der Waals surface area contributed by atoms with Gasteiger partial charge in [-0.1, -0.05) is 373 Å². The molecule has 0 amide bonds. The molecule has 17 aromatic rings. The molecular weight excluding hydrogens is 1300 g/mol. The molecule has 0 spiro atoms. The van der Waals surface area contributed by atoms with E-state index in [-0.39, 0.29) is 10.8 Å². The Morgan fingerprint density at radius 1 is 0.204 bits per heavy atom. The van der Waals surface area contributed by atoms with E-state index in [1.54, 1.807) is 0 Å². The average molecular weight is 1380 g/mol. The number of anilines is 6. The van der Waals surface area contributed by atoms with E-state index in [0.29, 0.717) is 0 Å². The van der Waals surface area contributed by atoms with Gasteiger partial charge in [0, 0.05) is 44.5 Å². The van der Waals surface area contributed by atoms with Gasteiger partial charge < -0.3 is 9.80 Å².